The average Bonchev–Trinajstić information content (AvgIpc) is 2.36. The molecule has 0 aliphatic carbocycles. The smallest absolute Gasteiger partial charge is 0.123 e. The van der Waals surface area contributed by atoms with E-state index < -0.39 is 0 Å². The van der Waals surface area contributed by atoms with E-state index >= 15 is 0 Å². The summed E-state index contributed by atoms with van der Waals surface area (Å²) < 4.78 is 12.7. The zero-order valence-corrected chi connectivity index (χ0v) is 10.6. The second kappa shape index (κ2) is 5.65. The fraction of sp³-hybridized carbons (Fsp3) is 0.0714. The van der Waals surface area contributed by atoms with Gasteiger partial charge in [-0.05, 0) is 42.3 Å². The third-order valence-corrected chi connectivity index (χ3v) is 2.86. The van der Waals surface area contributed by atoms with Crippen LogP contribution in [0.2, 0.25) is 5.02 Å². The molecule has 0 atom stereocenters. The van der Waals surface area contributed by atoms with E-state index in [9.17, 15) is 4.39 Å². The van der Waals surface area contributed by atoms with Crippen LogP contribution in [-0.4, -0.2) is 6.21 Å². The van der Waals surface area contributed by atoms with E-state index in [4.69, 9.17) is 11.6 Å². The van der Waals surface area contributed by atoms with Crippen molar-refractivity contribution >= 4 is 23.5 Å². The standard InChI is InChI=1S/C14H12ClFN2/c1-10-2-7-13(8-14(10)15)18-17-9-11-3-5-12(16)6-4-11/h2-9,18H,1H3/b17-9+. The molecule has 0 unspecified atom stereocenters. The zero-order chi connectivity index (χ0) is 13.0. The first kappa shape index (κ1) is 12.6. The molecule has 0 amide bonds. The topological polar surface area (TPSA) is 24.4 Å². The largest absolute Gasteiger partial charge is 0.278 e. The van der Waals surface area contributed by atoms with Crippen LogP contribution < -0.4 is 5.43 Å². The van der Waals surface area contributed by atoms with Crippen molar-refractivity contribution in [3.8, 4) is 0 Å². The first-order valence-electron chi connectivity index (χ1n) is 5.46. The van der Waals surface area contributed by atoms with Crippen LogP contribution in [-0.2, 0) is 0 Å². The number of anilines is 1. The minimum absolute atomic E-state index is 0.259. The third-order valence-electron chi connectivity index (χ3n) is 2.45. The van der Waals surface area contributed by atoms with Crippen LogP contribution >= 0.6 is 11.6 Å². The minimum atomic E-state index is -0.259. The summed E-state index contributed by atoms with van der Waals surface area (Å²) >= 11 is 5.99. The number of hydrazone groups is 1. The summed E-state index contributed by atoms with van der Waals surface area (Å²) in [5.74, 6) is -0.259. The molecule has 1 N–H and O–H groups in total. The van der Waals surface area contributed by atoms with Crippen molar-refractivity contribution in [1.29, 1.82) is 0 Å². The van der Waals surface area contributed by atoms with Crippen molar-refractivity contribution in [3.05, 3.63) is 64.4 Å². The number of benzene rings is 2. The summed E-state index contributed by atoms with van der Waals surface area (Å²) in [6.07, 6.45) is 1.62. The number of rotatable bonds is 3. The normalized spacial score (nSPS) is 10.8. The molecular formula is C14H12ClFN2. The molecule has 4 heteroatoms. The highest BCUT2D eigenvalue weighted by atomic mass is 35.5. The van der Waals surface area contributed by atoms with Crippen molar-refractivity contribution in [1.82, 2.24) is 0 Å². The Kier molecular flexibility index (Phi) is 3.95. The van der Waals surface area contributed by atoms with E-state index in [1.165, 1.54) is 12.1 Å². The van der Waals surface area contributed by atoms with Crippen LogP contribution in [0.4, 0.5) is 10.1 Å². The van der Waals surface area contributed by atoms with Gasteiger partial charge in [0, 0.05) is 5.02 Å². The summed E-state index contributed by atoms with van der Waals surface area (Å²) in [4.78, 5) is 0. The highest BCUT2D eigenvalue weighted by Crippen LogP contribution is 2.19. The highest BCUT2D eigenvalue weighted by molar-refractivity contribution is 6.31. The van der Waals surface area contributed by atoms with Crippen LogP contribution in [0, 0.1) is 12.7 Å². The summed E-state index contributed by atoms with van der Waals surface area (Å²) in [5.41, 5.74) is 5.52. The number of halogens is 2. The Morgan fingerprint density at radius 3 is 2.56 bits per heavy atom. The molecule has 2 nitrogen and oxygen atoms in total. The first-order valence-corrected chi connectivity index (χ1v) is 5.84. The third kappa shape index (κ3) is 3.31. The summed E-state index contributed by atoms with van der Waals surface area (Å²) in [5, 5.41) is 4.75. The molecule has 0 bridgehead atoms. The zero-order valence-electron chi connectivity index (χ0n) is 9.82. The predicted molar refractivity (Wildman–Crippen MR) is 73.8 cm³/mol. The lowest BCUT2D eigenvalue weighted by Gasteiger charge is -2.02. The van der Waals surface area contributed by atoms with Gasteiger partial charge < -0.3 is 0 Å². The molecule has 2 aromatic carbocycles. The van der Waals surface area contributed by atoms with Crippen LogP contribution in [0.15, 0.2) is 47.6 Å². The lowest BCUT2D eigenvalue weighted by Crippen LogP contribution is -1.91. The Balaban J connectivity index is 2.02. The Bertz CT molecular complexity index is 565. The van der Waals surface area contributed by atoms with E-state index in [1.807, 2.05) is 19.1 Å². The SMILES string of the molecule is Cc1ccc(N/N=C/c2ccc(F)cc2)cc1Cl. The highest BCUT2D eigenvalue weighted by Gasteiger charge is 1.96. The molecule has 0 saturated heterocycles. The molecule has 0 fully saturated rings. The maximum Gasteiger partial charge on any atom is 0.123 e. The molecule has 92 valence electrons. The van der Waals surface area contributed by atoms with Gasteiger partial charge in [-0.3, -0.25) is 5.43 Å². The van der Waals surface area contributed by atoms with Gasteiger partial charge in [0.2, 0.25) is 0 Å². The predicted octanol–water partition coefficient (Wildman–Crippen LogP) is 4.23. The van der Waals surface area contributed by atoms with Crippen LogP contribution in [0.1, 0.15) is 11.1 Å². The number of hydrogen-bond donors (Lipinski definition) is 1. The van der Waals surface area contributed by atoms with Gasteiger partial charge in [-0.1, -0.05) is 29.8 Å². The van der Waals surface area contributed by atoms with Gasteiger partial charge in [0.05, 0.1) is 11.9 Å². The summed E-state index contributed by atoms with van der Waals surface area (Å²) in [6, 6.07) is 11.7. The van der Waals surface area contributed by atoms with Gasteiger partial charge in [0.15, 0.2) is 0 Å². The molecule has 18 heavy (non-hydrogen) atoms. The molecule has 0 saturated carbocycles. The first-order chi connectivity index (χ1) is 8.65. The van der Waals surface area contributed by atoms with E-state index in [2.05, 4.69) is 10.5 Å². The quantitative estimate of drug-likeness (QED) is 0.650. The van der Waals surface area contributed by atoms with Crippen molar-refractivity contribution in [2.24, 2.45) is 5.10 Å². The fourth-order valence-electron chi connectivity index (χ4n) is 1.39. The second-order valence-corrected chi connectivity index (χ2v) is 4.29. The number of hydrogen-bond acceptors (Lipinski definition) is 2. The Morgan fingerprint density at radius 2 is 1.89 bits per heavy atom. The molecule has 2 aromatic rings. The number of nitrogens with zero attached hydrogens (tertiary/aromatic N) is 1. The summed E-state index contributed by atoms with van der Waals surface area (Å²) in [7, 11) is 0. The Hall–Kier alpha value is -1.87. The Morgan fingerprint density at radius 1 is 1.17 bits per heavy atom. The lowest BCUT2D eigenvalue weighted by atomic mass is 10.2. The van der Waals surface area contributed by atoms with Gasteiger partial charge in [-0.2, -0.15) is 5.10 Å². The molecule has 0 spiro atoms. The maximum atomic E-state index is 12.7. The average molecular weight is 263 g/mol. The molecule has 0 aliphatic heterocycles. The molecule has 0 radical (unpaired) electrons. The maximum absolute atomic E-state index is 12.7. The monoisotopic (exact) mass is 262 g/mol. The van der Waals surface area contributed by atoms with Gasteiger partial charge in [0.25, 0.3) is 0 Å². The minimum Gasteiger partial charge on any atom is -0.278 e. The van der Waals surface area contributed by atoms with Crippen molar-refractivity contribution in [2.45, 2.75) is 6.92 Å². The van der Waals surface area contributed by atoms with Gasteiger partial charge >= 0.3 is 0 Å². The summed E-state index contributed by atoms with van der Waals surface area (Å²) in [6.45, 7) is 1.94. The molecule has 0 aliphatic rings. The van der Waals surface area contributed by atoms with Crippen LogP contribution in [0.3, 0.4) is 0 Å². The van der Waals surface area contributed by atoms with E-state index in [1.54, 1.807) is 24.4 Å². The van der Waals surface area contributed by atoms with Crippen molar-refractivity contribution in [3.63, 3.8) is 0 Å². The number of aryl methyl sites for hydroxylation is 1. The van der Waals surface area contributed by atoms with Gasteiger partial charge in [-0.15, -0.1) is 0 Å². The van der Waals surface area contributed by atoms with Crippen molar-refractivity contribution in [2.75, 3.05) is 5.43 Å². The molecule has 0 heterocycles. The second-order valence-electron chi connectivity index (χ2n) is 3.89. The van der Waals surface area contributed by atoms with Crippen LogP contribution in [0.25, 0.3) is 0 Å². The molecule has 0 aromatic heterocycles. The molecule has 2 rings (SSSR count). The van der Waals surface area contributed by atoms with E-state index in [0.717, 1.165) is 16.8 Å². The number of nitrogens with one attached hydrogen (secondary N) is 1. The van der Waals surface area contributed by atoms with Gasteiger partial charge in [-0.25, -0.2) is 4.39 Å². The van der Waals surface area contributed by atoms with Gasteiger partial charge in [0.1, 0.15) is 5.82 Å². The molecular weight excluding hydrogens is 251 g/mol. The lowest BCUT2D eigenvalue weighted by molar-refractivity contribution is 0.628. The van der Waals surface area contributed by atoms with E-state index in [-0.39, 0.29) is 5.82 Å². The van der Waals surface area contributed by atoms with E-state index in [0.29, 0.717) is 5.02 Å². The fourth-order valence-corrected chi connectivity index (χ4v) is 1.57. The van der Waals surface area contributed by atoms with Crippen LogP contribution in [0.5, 0.6) is 0 Å². The Labute approximate surface area is 110 Å². The van der Waals surface area contributed by atoms with Crippen molar-refractivity contribution < 1.29 is 4.39 Å².